The number of hydrogen-bond donors (Lipinski definition) is 1. The molecular formula is C11H13ClO2. The highest BCUT2D eigenvalue weighted by molar-refractivity contribution is 6.31. The van der Waals surface area contributed by atoms with Crippen LogP contribution in [0.4, 0.5) is 0 Å². The van der Waals surface area contributed by atoms with Crippen molar-refractivity contribution in [1.82, 2.24) is 0 Å². The Morgan fingerprint density at radius 3 is 2.64 bits per heavy atom. The summed E-state index contributed by atoms with van der Waals surface area (Å²) in [6.45, 7) is 3.85. The molecular weight excluding hydrogens is 200 g/mol. The first-order chi connectivity index (χ1) is 6.57. The fraction of sp³-hybridized carbons (Fsp3) is 0.364. The lowest BCUT2D eigenvalue weighted by molar-refractivity contribution is 0.0696. The van der Waals surface area contributed by atoms with Crippen LogP contribution in [0.5, 0.6) is 0 Å². The van der Waals surface area contributed by atoms with Crippen molar-refractivity contribution >= 4 is 17.6 Å². The quantitative estimate of drug-likeness (QED) is 0.835. The second-order valence-corrected chi connectivity index (χ2v) is 3.66. The molecule has 0 aliphatic rings. The summed E-state index contributed by atoms with van der Waals surface area (Å²) >= 11 is 5.99. The Balaban J connectivity index is 3.26. The molecule has 0 aliphatic heterocycles. The Bertz CT molecular complexity index is 359. The lowest BCUT2D eigenvalue weighted by Crippen LogP contribution is -2.03. The first-order valence-electron chi connectivity index (χ1n) is 4.59. The molecule has 0 amide bonds. The monoisotopic (exact) mass is 212 g/mol. The van der Waals surface area contributed by atoms with Gasteiger partial charge >= 0.3 is 5.97 Å². The smallest absolute Gasteiger partial charge is 0.335 e. The van der Waals surface area contributed by atoms with Crippen LogP contribution in [-0.2, 0) is 6.42 Å². The highest BCUT2D eigenvalue weighted by Crippen LogP contribution is 2.24. The summed E-state index contributed by atoms with van der Waals surface area (Å²) in [7, 11) is 0. The van der Waals surface area contributed by atoms with Gasteiger partial charge in [0.2, 0.25) is 0 Å². The SMILES string of the molecule is CCCc1c(Cl)ccc(C(=O)O)c1C. The number of halogens is 1. The summed E-state index contributed by atoms with van der Waals surface area (Å²) in [5.74, 6) is -0.892. The van der Waals surface area contributed by atoms with Crippen molar-refractivity contribution in [3.8, 4) is 0 Å². The molecule has 0 heterocycles. The summed E-state index contributed by atoms with van der Waals surface area (Å²) < 4.78 is 0. The van der Waals surface area contributed by atoms with E-state index in [1.807, 2.05) is 6.92 Å². The Hall–Kier alpha value is -1.02. The molecule has 0 bridgehead atoms. The van der Waals surface area contributed by atoms with E-state index in [0.717, 1.165) is 24.0 Å². The molecule has 2 nitrogen and oxygen atoms in total. The van der Waals surface area contributed by atoms with E-state index in [0.29, 0.717) is 10.6 Å². The average molecular weight is 213 g/mol. The number of carbonyl (C=O) groups is 1. The third-order valence-corrected chi connectivity index (χ3v) is 2.63. The van der Waals surface area contributed by atoms with Crippen molar-refractivity contribution in [1.29, 1.82) is 0 Å². The molecule has 1 aromatic rings. The summed E-state index contributed by atoms with van der Waals surface area (Å²) in [4.78, 5) is 10.8. The van der Waals surface area contributed by atoms with Crippen LogP contribution in [0.2, 0.25) is 5.02 Å². The van der Waals surface area contributed by atoms with Crippen LogP contribution in [0.25, 0.3) is 0 Å². The minimum atomic E-state index is -0.892. The average Bonchev–Trinajstić information content (AvgIpc) is 2.11. The zero-order valence-corrected chi connectivity index (χ0v) is 9.06. The molecule has 3 heteroatoms. The first-order valence-corrected chi connectivity index (χ1v) is 4.97. The van der Waals surface area contributed by atoms with Crippen molar-refractivity contribution < 1.29 is 9.90 Å². The van der Waals surface area contributed by atoms with Gasteiger partial charge in [-0.1, -0.05) is 24.9 Å². The van der Waals surface area contributed by atoms with Gasteiger partial charge in [-0.15, -0.1) is 0 Å². The number of benzene rings is 1. The normalized spacial score (nSPS) is 10.2. The summed E-state index contributed by atoms with van der Waals surface area (Å²) in [5, 5.41) is 9.57. The lowest BCUT2D eigenvalue weighted by Gasteiger charge is -2.09. The van der Waals surface area contributed by atoms with Gasteiger partial charge in [0, 0.05) is 5.02 Å². The van der Waals surface area contributed by atoms with Crippen molar-refractivity contribution in [3.63, 3.8) is 0 Å². The van der Waals surface area contributed by atoms with E-state index in [1.165, 1.54) is 0 Å². The lowest BCUT2D eigenvalue weighted by atomic mass is 9.99. The van der Waals surface area contributed by atoms with E-state index in [1.54, 1.807) is 19.1 Å². The van der Waals surface area contributed by atoms with Gasteiger partial charge in [0.15, 0.2) is 0 Å². The van der Waals surface area contributed by atoms with Gasteiger partial charge in [0.1, 0.15) is 0 Å². The molecule has 1 aromatic carbocycles. The largest absolute Gasteiger partial charge is 0.478 e. The molecule has 0 aromatic heterocycles. The van der Waals surface area contributed by atoms with Crippen molar-refractivity contribution in [2.24, 2.45) is 0 Å². The fourth-order valence-corrected chi connectivity index (χ4v) is 1.81. The van der Waals surface area contributed by atoms with E-state index in [-0.39, 0.29) is 0 Å². The highest BCUT2D eigenvalue weighted by atomic mass is 35.5. The van der Waals surface area contributed by atoms with Crippen molar-refractivity contribution in [2.45, 2.75) is 26.7 Å². The second-order valence-electron chi connectivity index (χ2n) is 3.25. The maximum absolute atomic E-state index is 10.8. The van der Waals surface area contributed by atoms with Crippen LogP contribution < -0.4 is 0 Å². The van der Waals surface area contributed by atoms with Crippen LogP contribution in [0.15, 0.2) is 12.1 Å². The number of rotatable bonds is 3. The topological polar surface area (TPSA) is 37.3 Å². The first kappa shape index (κ1) is 11.1. The van der Waals surface area contributed by atoms with Gasteiger partial charge in [0.05, 0.1) is 5.56 Å². The standard InChI is InChI=1S/C11H13ClO2/c1-3-4-8-7(2)9(11(13)14)5-6-10(8)12/h5-6H,3-4H2,1-2H3,(H,13,14). The zero-order valence-electron chi connectivity index (χ0n) is 8.30. The van der Waals surface area contributed by atoms with Crippen LogP contribution in [0.1, 0.15) is 34.8 Å². The molecule has 1 N–H and O–H groups in total. The van der Waals surface area contributed by atoms with Crippen LogP contribution in [0.3, 0.4) is 0 Å². The molecule has 0 fully saturated rings. The van der Waals surface area contributed by atoms with Crippen LogP contribution in [-0.4, -0.2) is 11.1 Å². The van der Waals surface area contributed by atoms with Gasteiger partial charge in [-0.25, -0.2) is 4.79 Å². The van der Waals surface area contributed by atoms with E-state index < -0.39 is 5.97 Å². The third kappa shape index (κ3) is 2.07. The molecule has 0 unspecified atom stereocenters. The minimum Gasteiger partial charge on any atom is -0.478 e. The predicted octanol–water partition coefficient (Wildman–Crippen LogP) is 3.30. The Morgan fingerprint density at radius 1 is 1.50 bits per heavy atom. The van der Waals surface area contributed by atoms with Gasteiger partial charge in [0.25, 0.3) is 0 Å². The molecule has 0 radical (unpaired) electrons. The van der Waals surface area contributed by atoms with Crippen LogP contribution in [0, 0.1) is 6.92 Å². The van der Waals surface area contributed by atoms with Crippen LogP contribution >= 0.6 is 11.6 Å². The predicted molar refractivity (Wildman–Crippen MR) is 57.1 cm³/mol. The molecule has 0 atom stereocenters. The maximum Gasteiger partial charge on any atom is 0.335 e. The minimum absolute atomic E-state index is 0.345. The Labute approximate surface area is 88.5 Å². The zero-order chi connectivity index (χ0) is 10.7. The Morgan fingerprint density at radius 2 is 2.14 bits per heavy atom. The molecule has 0 saturated heterocycles. The number of carboxylic acids is 1. The maximum atomic E-state index is 10.8. The fourth-order valence-electron chi connectivity index (χ4n) is 1.51. The molecule has 1 rings (SSSR count). The molecule has 0 saturated carbocycles. The van der Waals surface area contributed by atoms with E-state index in [2.05, 4.69) is 0 Å². The van der Waals surface area contributed by atoms with Gasteiger partial charge < -0.3 is 5.11 Å². The number of aromatic carboxylic acids is 1. The summed E-state index contributed by atoms with van der Waals surface area (Å²) in [6.07, 6.45) is 1.79. The molecule has 0 aliphatic carbocycles. The van der Waals surface area contributed by atoms with Crippen molar-refractivity contribution in [2.75, 3.05) is 0 Å². The second kappa shape index (κ2) is 4.47. The number of carboxylic acid groups (broad SMARTS) is 1. The molecule has 76 valence electrons. The Kier molecular flexibility index (Phi) is 3.53. The summed E-state index contributed by atoms with van der Waals surface area (Å²) in [5.41, 5.74) is 2.08. The molecule has 0 spiro atoms. The van der Waals surface area contributed by atoms with E-state index >= 15 is 0 Å². The third-order valence-electron chi connectivity index (χ3n) is 2.27. The van der Waals surface area contributed by atoms with E-state index in [4.69, 9.17) is 16.7 Å². The van der Waals surface area contributed by atoms with Crippen molar-refractivity contribution in [3.05, 3.63) is 33.8 Å². The molecule has 14 heavy (non-hydrogen) atoms. The van der Waals surface area contributed by atoms with Gasteiger partial charge in [-0.05, 0) is 36.6 Å². The number of hydrogen-bond acceptors (Lipinski definition) is 1. The highest BCUT2D eigenvalue weighted by Gasteiger charge is 2.12. The van der Waals surface area contributed by atoms with E-state index in [9.17, 15) is 4.79 Å². The van der Waals surface area contributed by atoms with Gasteiger partial charge in [-0.3, -0.25) is 0 Å². The van der Waals surface area contributed by atoms with Gasteiger partial charge in [-0.2, -0.15) is 0 Å². The summed E-state index contributed by atoms with van der Waals surface area (Å²) in [6, 6.07) is 3.21.